The van der Waals surface area contributed by atoms with Gasteiger partial charge in [0.15, 0.2) is 0 Å². The Morgan fingerprint density at radius 2 is 1.47 bits per heavy atom. The Balaban J connectivity index is 1.21. The van der Waals surface area contributed by atoms with Crippen molar-refractivity contribution in [2.75, 3.05) is 0 Å². The van der Waals surface area contributed by atoms with Crippen LogP contribution in [0, 0.1) is 0 Å². The van der Waals surface area contributed by atoms with Crippen molar-refractivity contribution in [1.82, 2.24) is 19.1 Å². The first-order chi connectivity index (χ1) is 21.2. The van der Waals surface area contributed by atoms with Crippen LogP contribution in [0.1, 0.15) is 0 Å². The van der Waals surface area contributed by atoms with Crippen LogP contribution in [0.5, 0.6) is 11.5 Å². The molecule has 0 saturated carbocycles. The molecule has 4 heterocycles. The van der Waals surface area contributed by atoms with E-state index in [0.29, 0.717) is 0 Å². The second kappa shape index (κ2) is 9.28. The fourth-order valence-electron chi connectivity index (χ4n) is 6.28. The summed E-state index contributed by atoms with van der Waals surface area (Å²) in [6.07, 6.45) is 1.85. The Labute approximate surface area is 250 Å². The summed E-state index contributed by atoms with van der Waals surface area (Å²) >= 11 is 1.84. The van der Waals surface area contributed by atoms with Gasteiger partial charge < -0.3 is 9.30 Å². The Morgan fingerprint density at radius 1 is 0.651 bits per heavy atom. The minimum Gasteiger partial charge on any atom is -0.457 e. The number of para-hydroxylation sites is 2. The molecular formula is C37H24N4OS. The van der Waals surface area contributed by atoms with Gasteiger partial charge in [0.25, 0.3) is 0 Å². The second-order valence-electron chi connectivity index (χ2n) is 10.8. The quantitative estimate of drug-likeness (QED) is 0.211. The molecule has 0 radical (unpaired) electrons. The van der Waals surface area contributed by atoms with Gasteiger partial charge in [-0.3, -0.25) is 4.57 Å². The van der Waals surface area contributed by atoms with Crippen molar-refractivity contribution in [2.24, 2.45) is 7.05 Å². The highest BCUT2D eigenvalue weighted by atomic mass is 32.1. The summed E-state index contributed by atoms with van der Waals surface area (Å²) in [6, 6.07) is 41.9. The largest absolute Gasteiger partial charge is 0.457 e. The number of aromatic nitrogens is 4. The lowest BCUT2D eigenvalue weighted by molar-refractivity contribution is 0.483. The molecular weight excluding hydrogens is 549 g/mol. The van der Waals surface area contributed by atoms with Crippen molar-refractivity contribution in [3.63, 3.8) is 0 Å². The number of benzene rings is 5. The number of pyridine rings is 1. The summed E-state index contributed by atoms with van der Waals surface area (Å²) in [5.74, 6) is 3.32. The standard InChI is InChI=1S/C37H24N4OS/c1-40-31-13-4-3-12-30(31)39-37(40)23-9-8-10-24(21-23)42-25-16-17-26-28-18-19-29-27-11-2-5-14-33(27)43-36(29)35(28)41(32(26)22-25)34-15-6-7-20-38-34/h2-22H,1H3. The molecule has 6 heteroatoms. The lowest BCUT2D eigenvalue weighted by Gasteiger charge is -2.10. The van der Waals surface area contributed by atoms with E-state index >= 15 is 0 Å². The Bertz CT molecular complexity index is 2500. The van der Waals surface area contributed by atoms with E-state index in [-0.39, 0.29) is 0 Å². The zero-order valence-corrected chi connectivity index (χ0v) is 24.0. The van der Waals surface area contributed by atoms with E-state index < -0.39 is 0 Å². The van der Waals surface area contributed by atoms with Crippen LogP contribution in [0.4, 0.5) is 0 Å². The van der Waals surface area contributed by atoms with Gasteiger partial charge in [0.05, 0.1) is 26.8 Å². The third-order valence-corrected chi connectivity index (χ3v) is 9.43. The molecule has 0 spiro atoms. The van der Waals surface area contributed by atoms with Gasteiger partial charge in [0.2, 0.25) is 0 Å². The molecule has 43 heavy (non-hydrogen) atoms. The minimum absolute atomic E-state index is 0.760. The summed E-state index contributed by atoms with van der Waals surface area (Å²) in [7, 11) is 2.05. The van der Waals surface area contributed by atoms with Gasteiger partial charge >= 0.3 is 0 Å². The van der Waals surface area contributed by atoms with Gasteiger partial charge in [0.1, 0.15) is 23.1 Å². The molecule has 5 nitrogen and oxygen atoms in total. The van der Waals surface area contributed by atoms with Crippen LogP contribution in [0.2, 0.25) is 0 Å². The number of fused-ring (bicyclic) bond motifs is 8. The van der Waals surface area contributed by atoms with Gasteiger partial charge in [-0.25, -0.2) is 9.97 Å². The van der Waals surface area contributed by atoms with Gasteiger partial charge in [-0.15, -0.1) is 11.3 Å². The average molecular weight is 573 g/mol. The number of hydrogen-bond acceptors (Lipinski definition) is 4. The zero-order chi connectivity index (χ0) is 28.5. The molecule has 0 atom stereocenters. The van der Waals surface area contributed by atoms with Crippen molar-refractivity contribution < 1.29 is 4.74 Å². The molecule has 0 fully saturated rings. The number of ether oxygens (including phenoxy) is 1. The van der Waals surface area contributed by atoms with Gasteiger partial charge in [-0.2, -0.15) is 0 Å². The molecule has 0 aliphatic carbocycles. The van der Waals surface area contributed by atoms with Crippen LogP contribution in [0.3, 0.4) is 0 Å². The Morgan fingerprint density at radius 3 is 2.37 bits per heavy atom. The first kappa shape index (κ1) is 24.2. The van der Waals surface area contributed by atoms with E-state index in [1.165, 1.54) is 36.5 Å². The first-order valence-electron chi connectivity index (χ1n) is 14.2. The van der Waals surface area contributed by atoms with Crippen LogP contribution in [-0.2, 0) is 7.05 Å². The molecule has 9 rings (SSSR count). The van der Waals surface area contributed by atoms with Gasteiger partial charge in [-0.1, -0.05) is 60.7 Å². The maximum absolute atomic E-state index is 6.52. The molecule has 0 bridgehead atoms. The van der Waals surface area contributed by atoms with Gasteiger partial charge in [0, 0.05) is 51.1 Å². The smallest absolute Gasteiger partial charge is 0.140 e. The number of nitrogens with zero attached hydrogens (tertiary/aromatic N) is 4. The monoisotopic (exact) mass is 572 g/mol. The first-order valence-corrected chi connectivity index (χ1v) is 15.0. The van der Waals surface area contributed by atoms with E-state index in [1.807, 2.05) is 60.0 Å². The second-order valence-corrected chi connectivity index (χ2v) is 11.8. The number of aryl methyl sites for hydroxylation is 1. The highest BCUT2D eigenvalue weighted by Crippen LogP contribution is 2.43. The average Bonchev–Trinajstić information content (AvgIpc) is 3.71. The number of rotatable bonds is 4. The predicted molar refractivity (Wildman–Crippen MR) is 178 cm³/mol. The number of imidazole rings is 1. The molecule has 0 unspecified atom stereocenters. The zero-order valence-electron chi connectivity index (χ0n) is 23.2. The predicted octanol–water partition coefficient (Wildman–Crippen LogP) is 9.89. The lowest BCUT2D eigenvalue weighted by atomic mass is 10.1. The Hall–Kier alpha value is -5.46. The van der Waals surface area contributed by atoms with E-state index in [0.717, 1.165) is 45.3 Å². The van der Waals surface area contributed by atoms with Gasteiger partial charge in [-0.05, 0) is 54.6 Å². The van der Waals surface area contributed by atoms with Crippen LogP contribution in [0.25, 0.3) is 70.2 Å². The summed E-state index contributed by atoms with van der Waals surface area (Å²) in [5.41, 5.74) is 5.32. The Kier molecular flexibility index (Phi) is 5.21. The number of thiophene rings is 1. The fourth-order valence-corrected chi connectivity index (χ4v) is 7.52. The third-order valence-electron chi connectivity index (χ3n) is 8.24. The summed E-state index contributed by atoms with van der Waals surface area (Å²) in [5, 5.41) is 4.92. The van der Waals surface area contributed by atoms with Crippen molar-refractivity contribution in [3.05, 3.63) is 128 Å². The van der Waals surface area contributed by atoms with E-state index in [2.05, 4.69) is 95.0 Å². The van der Waals surface area contributed by atoms with Crippen LogP contribution >= 0.6 is 11.3 Å². The molecule has 0 N–H and O–H groups in total. The highest BCUT2D eigenvalue weighted by Gasteiger charge is 2.19. The molecule has 0 aliphatic heterocycles. The van der Waals surface area contributed by atoms with E-state index in [1.54, 1.807) is 0 Å². The maximum atomic E-state index is 6.52. The topological polar surface area (TPSA) is 44.9 Å². The minimum atomic E-state index is 0.760. The van der Waals surface area contributed by atoms with Crippen LogP contribution in [-0.4, -0.2) is 19.1 Å². The van der Waals surface area contributed by atoms with E-state index in [4.69, 9.17) is 14.7 Å². The van der Waals surface area contributed by atoms with Crippen molar-refractivity contribution in [1.29, 1.82) is 0 Å². The molecule has 4 aromatic heterocycles. The highest BCUT2D eigenvalue weighted by molar-refractivity contribution is 7.26. The summed E-state index contributed by atoms with van der Waals surface area (Å²) < 4.78 is 13.5. The van der Waals surface area contributed by atoms with Crippen molar-refractivity contribution in [3.8, 4) is 28.7 Å². The molecule has 9 aromatic rings. The van der Waals surface area contributed by atoms with Crippen LogP contribution < -0.4 is 4.74 Å². The molecule has 0 aliphatic rings. The van der Waals surface area contributed by atoms with E-state index in [9.17, 15) is 0 Å². The maximum Gasteiger partial charge on any atom is 0.140 e. The van der Waals surface area contributed by atoms with Crippen molar-refractivity contribution >= 4 is 64.3 Å². The summed E-state index contributed by atoms with van der Waals surface area (Å²) in [4.78, 5) is 9.66. The SMILES string of the molecule is Cn1c(-c2cccc(Oc3ccc4c5ccc6c7ccccc7sc6c5n(-c5ccccn5)c4c3)c2)nc2ccccc21. The molecule has 0 amide bonds. The molecule has 5 aromatic carbocycles. The molecule has 204 valence electrons. The third kappa shape index (κ3) is 3.70. The molecule has 0 saturated heterocycles. The fraction of sp³-hybridized carbons (Fsp3) is 0.0270. The van der Waals surface area contributed by atoms with Crippen molar-refractivity contribution in [2.45, 2.75) is 0 Å². The van der Waals surface area contributed by atoms with Crippen LogP contribution in [0.15, 0.2) is 128 Å². The lowest BCUT2D eigenvalue weighted by Crippen LogP contribution is -1.97. The number of hydrogen-bond donors (Lipinski definition) is 0. The summed E-state index contributed by atoms with van der Waals surface area (Å²) in [6.45, 7) is 0. The normalized spacial score (nSPS) is 11.8.